The van der Waals surface area contributed by atoms with Gasteiger partial charge in [-0.2, -0.15) is 4.39 Å². The van der Waals surface area contributed by atoms with Crippen LogP contribution in [-0.4, -0.2) is 20.8 Å². The second-order valence-corrected chi connectivity index (χ2v) is 9.08. The number of aryl methyl sites for hydroxylation is 1. The monoisotopic (exact) mass is 435 g/mol. The fraction of sp³-hybridized carbons (Fsp3) is 0.278. The molecule has 152 valence electrons. The van der Waals surface area contributed by atoms with Crippen LogP contribution < -0.4 is 10.6 Å². The molecule has 0 aliphatic rings. The van der Waals surface area contributed by atoms with Gasteiger partial charge in [-0.15, -0.1) is 11.3 Å². The largest absolute Gasteiger partial charge is 0.331 e. The minimum absolute atomic E-state index is 0.128. The zero-order chi connectivity index (χ0) is 21.3. The maximum absolute atomic E-state index is 13.5. The van der Waals surface area contributed by atoms with Crippen LogP contribution in [0.5, 0.6) is 0 Å². The zero-order valence-electron chi connectivity index (χ0n) is 16.1. The standard InChI is InChI=1S/C18H18FN5O3S2/c1-9-14(29-17(20-9)23-15(25)18(2,3)4)12-8-28-16(22-12)21-10-5-6-11(19)13(7-10)24(26)27/h5-8H,1-4H3,(H,21,22)(H,20,23,25). The number of amides is 1. The third-order valence-electron chi connectivity index (χ3n) is 3.83. The molecule has 3 aromatic rings. The van der Waals surface area contributed by atoms with E-state index in [1.165, 1.54) is 28.7 Å². The van der Waals surface area contributed by atoms with Gasteiger partial charge in [0.05, 0.1) is 21.2 Å². The number of hydrogen-bond acceptors (Lipinski definition) is 8. The number of thiazole rings is 2. The first-order valence-corrected chi connectivity index (χ1v) is 10.2. The van der Waals surface area contributed by atoms with Gasteiger partial charge in [0.2, 0.25) is 11.7 Å². The average Bonchev–Trinajstić information content (AvgIpc) is 3.21. The molecule has 2 heterocycles. The van der Waals surface area contributed by atoms with E-state index in [2.05, 4.69) is 20.6 Å². The molecule has 1 amide bonds. The topological polar surface area (TPSA) is 110 Å². The molecule has 1 aromatic carbocycles. The van der Waals surface area contributed by atoms with E-state index in [1.807, 2.05) is 33.1 Å². The summed E-state index contributed by atoms with van der Waals surface area (Å²) in [4.78, 5) is 31.9. The van der Waals surface area contributed by atoms with Crippen LogP contribution in [0.1, 0.15) is 26.5 Å². The van der Waals surface area contributed by atoms with Crippen molar-refractivity contribution in [1.29, 1.82) is 0 Å². The molecule has 0 atom stereocenters. The summed E-state index contributed by atoms with van der Waals surface area (Å²) in [6, 6.07) is 3.56. The Morgan fingerprint density at radius 1 is 1.24 bits per heavy atom. The molecule has 0 aliphatic heterocycles. The average molecular weight is 436 g/mol. The highest BCUT2D eigenvalue weighted by Crippen LogP contribution is 2.36. The highest BCUT2D eigenvalue weighted by atomic mass is 32.1. The second-order valence-electron chi connectivity index (χ2n) is 7.22. The van der Waals surface area contributed by atoms with Gasteiger partial charge in [-0.05, 0) is 19.1 Å². The van der Waals surface area contributed by atoms with E-state index in [1.54, 1.807) is 0 Å². The summed E-state index contributed by atoms with van der Waals surface area (Å²) in [7, 11) is 0. The van der Waals surface area contributed by atoms with Crippen LogP contribution in [0.25, 0.3) is 10.6 Å². The predicted octanol–water partition coefficient (Wildman–Crippen LogP) is 5.35. The summed E-state index contributed by atoms with van der Waals surface area (Å²) < 4.78 is 13.5. The molecule has 0 spiro atoms. The van der Waals surface area contributed by atoms with E-state index in [9.17, 15) is 19.3 Å². The van der Waals surface area contributed by atoms with E-state index in [0.717, 1.165) is 22.7 Å². The first-order chi connectivity index (χ1) is 13.5. The normalized spacial score (nSPS) is 11.3. The van der Waals surface area contributed by atoms with Crippen LogP contribution in [0, 0.1) is 28.3 Å². The number of benzene rings is 1. The van der Waals surface area contributed by atoms with Crippen molar-refractivity contribution in [2.45, 2.75) is 27.7 Å². The van der Waals surface area contributed by atoms with Gasteiger partial charge in [-0.1, -0.05) is 32.1 Å². The Hall–Kier alpha value is -2.92. The summed E-state index contributed by atoms with van der Waals surface area (Å²) in [6.45, 7) is 7.29. The Balaban J connectivity index is 1.79. The van der Waals surface area contributed by atoms with Crippen molar-refractivity contribution in [3.63, 3.8) is 0 Å². The van der Waals surface area contributed by atoms with Crippen LogP contribution in [0.2, 0.25) is 0 Å². The third kappa shape index (κ3) is 4.74. The van der Waals surface area contributed by atoms with E-state index < -0.39 is 21.8 Å². The van der Waals surface area contributed by atoms with Crippen molar-refractivity contribution in [2.75, 3.05) is 10.6 Å². The fourth-order valence-corrected chi connectivity index (χ4v) is 3.98. The molecule has 0 unspecified atom stereocenters. The van der Waals surface area contributed by atoms with Gasteiger partial charge in [0, 0.05) is 22.5 Å². The Labute approximate surface area is 174 Å². The highest BCUT2D eigenvalue weighted by Gasteiger charge is 2.23. The Morgan fingerprint density at radius 2 is 1.97 bits per heavy atom. The van der Waals surface area contributed by atoms with E-state index in [0.29, 0.717) is 21.6 Å². The summed E-state index contributed by atoms with van der Waals surface area (Å²) in [6.07, 6.45) is 0. The number of halogens is 1. The number of nitro groups is 1. The number of nitrogens with zero attached hydrogens (tertiary/aromatic N) is 3. The number of anilines is 3. The number of carbonyl (C=O) groups is 1. The summed E-state index contributed by atoms with van der Waals surface area (Å²) in [5.41, 5.74) is 0.617. The predicted molar refractivity (Wildman–Crippen MR) is 112 cm³/mol. The van der Waals surface area contributed by atoms with Gasteiger partial charge in [-0.3, -0.25) is 14.9 Å². The van der Waals surface area contributed by atoms with E-state index in [-0.39, 0.29) is 5.91 Å². The maximum atomic E-state index is 13.5. The minimum atomic E-state index is -0.898. The van der Waals surface area contributed by atoms with E-state index >= 15 is 0 Å². The van der Waals surface area contributed by atoms with Crippen molar-refractivity contribution in [2.24, 2.45) is 5.41 Å². The van der Waals surface area contributed by atoms with Crippen LogP contribution >= 0.6 is 22.7 Å². The fourth-order valence-electron chi connectivity index (χ4n) is 2.26. The smallest absolute Gasteiger partial charge is 0.306 e. The van der Waals surface area contributed by atoms with Gasteiger partial charge in [0.1, 0.15) is 0 Å². The third-order valence-corrected chi connectivity index (χ3v) is 5.68. The number of carbonyl (C=O) groups excluding carboxylic acids is 1. The zero-order valence-corrected chi connectivity index (χ0v) is 17.7. The van der Waals surface area contributed by atoms with Crippen LogP contribution in [0.15, 0.2) is 23.6 Å². The van der Waals surface area contributed by atoms with Crippen molar-refractivity contribution < 1.29 is 14.1 Å². The first-order valence-electron chi connectivity index (χ1n) is 8.50. The molecule has 0 saturated carbocycles. The van der Waals surface area contributed by atoms with Crippen LogP contribution in [0.4, 0.5) is 26.0 Å². The molecule has 2 aromatic heterocycles. The number of hydrogen-bond donors (Lipinski definition) is 2. The number of nitro benzene ring substituents is 1. The molecular formula is C18H18FN5O3S2. The quantitative estimate of drug-likeness (QED) is 0.413. The lowest BCUT2D eigenvalue weighted by molar-refractivity contribution is -0.387. The van der Waals surface area contributed by atoms with Gasteiger partial charge in [0.25, 0.3) is 0 Å². The molecule has 0 saturated heterocycles. The van der Waals surface area contributed by atoms with Crippen molar-refractivity contribution in [1.82, 2.24) is 9.97 Å². The molecule has 11 heteroatoms. The van der Waals surface area contributed by atoms with Crippen molar-refractivity contribution in [3.05, 3.63) is 45.2 Å². The SMILES string of the molecule is Cc1nc(NC(=O)C(C)(C)C)sc1-c1csc(Nc2ccc(F)c([N+](=O)[O-])c2)n1. The first kappa shape index (κ1) is 20.8. The molecule has 8 nitrogen and oxygen atoms in total. The number of rotatable bonds is 5. The lowest BCUT2D eigenvalue weighted by Crippen LogP contribution is -2.27. The number of aromatic nitrogens is 2. The molecule has 0 bridgehead atoms. The molecule has 0 aliphatic carbocycles. The summed E-state index contributed by atoms with van der Waals surface area (Å²) in [5.74, 6) is -1.03. The molecule has 29 heavy (non-hydrogen) atoms. The summed E-state index contributed by atoms with van der Waals surface area (Å²) in [5, 5.41) is 19.4. The van der Waals surface area contributed by atoms with Crippen molar-refractivity contribution in [3.8, 4) is 10.6 Å². The van der Waals surface area contributed by atoms with Gasteiger partial charge in [0.15, 0.2) is 10.3 Å². The van der Waals surface area contributed by atoms with Crippen LogP contribution in [0.3, 0.4) is 0 Å². The summed E-state index contributed by atoms with van der Waals surface area (Å²) >= 11 is 2.62. The van der Waals surface area contributed by atoms with Crippen LogP contribution in [-0.2, 0) is 4.79 Å². The van der Waals surface area contributed by atoms with Gasteiger partial charge < -0.3 is 10.6 Å². The molecular weight excluding hydrogens is 417 g/mol. The highest BCUT2D eigenvalue weighted by molar-refractivity contribution is 7.20. The van der Waals surface area contributed by atoms with Gasteiger partial charge >= 0.3 is 5.69 Å². The number of nitrogens with one attached hydrogen (secondary N) is 2. The molecule has 0 fully saturated rings. The maximum Gasteiger partial charge on any atom is 0.306 e. The lowest BCUT2D eigenvalue weighted by Gasteiger charge is -2.15. The Bertz CT molecular complexity index is 1090. The Kier molecular flexibility index (Phi) is 5.62. The van der Waals surface area contributed by atoms with Gasteiger partial charge in [-0.25, -0.2) is 9.97 Å². The van der Waals surface area contributed by atoms with Crippen molar-refractivity contribution >= 4 is 50.2 Å². The minimum Gasteiger partial charge on any atom is -0.331 e. The second kappa shape index (κ2) is 7.84. The molecule has 0 radical (unpaired) electrons. The molecule has 3 rings (SSSR count). The Morgan fingerprint density at radius 3 is 2.62 bits per heavy atom. The molecule has 2 N–H and O–H groups in total. The lowest BCUT2D eigenvalue weighted by atomic mass is 9.96. The van der Waals surface area contributed by atoms with E-state index in [4.69, 9.17) is 0 Å².